The zero-order valence-corrected chi connectivity index (χ0v) is 18.6. The average molecular weight is 390 g/mol. The number of aryl methyl sites for hydroxylation is 3. The summed E-state index contributed by atoms with van der Waals surface area (Å²) in [6.45, 7) is 15.1. The summed E-state index contributed by atoms with van der Waals surface area (Å²) in [7, 11) is 0. The first-order chi connectivity index (χ1) is 13.6. The number of hydrogen-bond acceptors (Lipinski definition) is 3. The quantitative estimate of drug-likeness (QED) is 0.486. The lowest BCUT2D eigenvalue weighted by Gasteiger charge is -2.22. The summed E-state index contributed by atoms with van der Waals surface area (Å²) in [6.07, 6.45) is 0.781. The third kappa shape index (κ3) is 4.19. The van der Waals surface area contributed by atoms with Gasteiger partial charge in [0.15, 0.2) is 0 Å². The molecule has 0 aliphatic rings. The lowest BCUT2D eigenvalue weighted by Crippen LogP contribution is -2.14. The predicted octanol–water partition coefficient (Wildman–Crippen LogP) is 6.38. The van der Waals surface area contributed by atoms with Crippen molar-refractivity contribution in [1.82, 2.24) is 4.98 Å². The minimum absolute atomic E-state index is 0.0916. The van der Waals surface area contributed by atoms with E-state index in [0.717, 1.165) is 45.3 Å². The summed E-state index contributed by atoms with van der Waals surface area (Å²) < 4.78 is 5.82. The Labute approximate surface area is 174 Å². The number of ether oxygens (including phenoxy) is 1. The summed E-state index contributed by atoms with van der Waals surface area (Å²) in [5.74, 6) is -0.283. The van der Waals surface area contributed by atoms with Crippen molar-refractivity contribution >= 4 is 16.9 Å². The van der Waals surface area contributed by atoms with Gasteiger partial charge >= 0.3 is 5.97 Å². The Balaban J connectivity index is 1.94. The highest BCUT2D eigenvalue weighted by molar-refractivity contribution is 6.05. The fourth-order valence-corrected chi connectivity index (χ4v) is 3.83. The van der Waals surface area contributed by atoms with Gasteiger partial charge in [-0.1, -0.05) is 58.0 Å². The van der Waals surface area contributed by atoms with E-state index in [0.29, 0.717) is 5.56 Å². The van der Waals surface area contributed by atoms with Crippen LogP contribution in [0.2, 0.25) is 0 Å². The van der Waals surface area contributed by atoms with Crippen LogP contribution >= 0.6 is 0 Å². The number of carbonyl (C=O) groups is 1. The molecule has 0 radical (unpaired) electrons. The van der Waals surface area contributed by atoms with E-state index in [1.54, 1.807) is 0 Å². The van der Waals surface area contributed by atoms with Crippen molar-refractivity contribution in [3.05, 3.63) is 75.5 Å². The number of carbonyl (C=O) groups excluding carboxylic acids is 1. The molecule has 3 heteroatoms. The number of nitrogens with zero attached hydrogens (tertiary/aromatic N) is 1. The Bertz CT molecular complexity index is 1050. The van der Waals surface area contributed by atoms with Gasteiger partial charge in [-0.05, 0) is 66.5 Å². The molecule has 152 valence electrons. The molecule has 29 heavy (non-hydrogen) atoms. The molecule has 0 aliphatic heterocycles. The van der Waals surface area contributed by atoms with E-state index in [4.69, 9.17) is 9.72 Å². The van der Waals surface area contributed by atoms with Crippen molar-refractivity contribution in [1.29, 1.82) is 0 Å². The Morgan fingerprint density at radius 2 is 1.66 bits per heavy atom. The number of rotatable bonds is 4. The summed E-state index contributed by atoms with van der Waals surface area (Å²) in [6, 6.07) is 12.2. The normalized spacial score (nSPS) is 11.7. The first-order valence-electron chi connectivity index (χ1n) is 10.3. The Morgan fingerprint density at radius 3 is 2.24 bits per heavy atom. The van der Waals surface area contributed by atoms with Gasteiger partial charge < -0.3 is 4.74 Å². The third-order valence-corrected chi connectivity index (χ3v) is 5.69. The van der Waals surface area contributed by atoms with E-state index in [-0.39, 0.29) is 18.0 Å². The molecule has 2 aromatic carbocycles. The van der Waals surface area contributed by atoms with Crippen LogP contribution in [-0.4, -0.2) is 11.0 Å². The monoisotopic (exact) mass is 389 g/mol. The fraction of sp³-hybridized carbons (Fsp3) is 0.385. The second-order valence-corrected chi connectivity index (χ2v) is 8.84. The molecule has 0 aliphatic carbocycles. The van der Waals surface area contributed by atoms with Crippen molar-refractivity contribution in [2.24, 2.45) is 0 Å². The number of aromatic nitrogens is 1. The standard InChI is InChI=1S/C26H31NO2/c1-8-22-18(4)24(20-11-9-10-12-23(20)27-22)25(28)29-15-21-16(2)13-19(14-17(21)3)26(5,6)7/h9-14H,8,15H2,1-7H3. The molecule has 3 nitrogen and oxygen atoms in total. The van der Waals surface area contributed by atoms with Gasteiger partial charge in [-0.15, -0.1) is 0 Å². The van der Waals surface area contributed by atoms with Gasteiger partial charge in [0.2, 0.25) is 0 Å². The highest BCUT2D eigenvalue weighted by Gasteiger charge is 2.20. The third-order valence-electron chi connectivity index (χ3n) is 5.69. The van der Waals surface area contributed by atoms with Crippen LogP contribution in [0, 0.1) is 20.8 Å². The molecular formula is C26H31NO2. The number of pyridine rings is 1. The largest absolute Gasteiger partial charge is 0.457 e. The Hall–Kier alpha value is -2.68. The second kappa shape index (κ2) is 7.98. The summed E-state index contributed by atoms with van der Waals surface area (Å²) in [5, 5.41) is 0.851. The zero-order valence-electron chi connectivity index (χ0n) is 18.6. The molecular weight excluding hydrogens is 358 g/mol. The lowest BCUT2D eigenvalue weighted by atomic mass is 9.84. The van der Waals surface area contributed by atoms with Gasteiger partial charge in [-0.3, -0.25) is 4.98 Å². The Morgan fingerprint density at radius 1 is 1.03 bits per heavy atom. The molecule has 0 saturated heterocycles. The van der Waals surface area contributed by atoms with Crippen LogP contribution in [0.1, 0.15) is 71.6 Å². The zero-order chi connectivity index (χ0) is 21.3. The maximum atomic E-state index is 13.1. The molecule has 1 heterocycles. The SMILES string of the molecule is CCc1nc2ccccc2c(C(=O)OCc2c(C)cc(C(C)(C)C)cc2C)c1C. The molecule has 0 atom stereocenters. The van der Waals surface area contributed by atoms with Crippen molar-refractivity contribution in [2.45, 2.75) is 66.9 Å². The predicted molar refractivity (Wildman–Crippen MR) is 120 cm³/mol. The van der Waals surface area contributed by atoms with Crippen LogP contribution in [0.3, 0.4) is 0 Å². The Kier molecular flexibility index (Phi) is 5.79. The molecule has 3 aromatic rings. The first kappa shape index (κ1) is 21.0. The highest BCUT2D eigenvalue weighted by atomic mass is 16.5. The van der Waals surface area contributed by atoms with Crippen LogP contribution in [0.25, 0.3) is 10.9 Å². The van der Waals surface area contributed by atoms with Crippen LogP contribution in [0.4, 0.5) is 0 Å². The number of esters is 1. The van der Waals surface area contributed by atoms with Crippen molar-refractivity contribution in [3.63, 3.8) is 0 Å². The minimum Gasteiger partial charge on any atom is -0.457 e. The van der Waals surface area contributed by atoms with Gasteiger partial charge in [0.25, 0.3) is 0 Å². The number of fused-ring (bicyclic) bond motifs is 1. The van der Waals surface area contributed by atoms with Crippen LogP contribution < -0.4 is 0 Å². The van der Waals surface area contributed by atoms with Crippen molar-refractivity contribution in [2.75, 3.05) is 0 Å². The molecule has 0 fully saturated rings. The summed E-state index contributed by atoms with van der Waals surface area (Å²) in [4.78, 5) is 17.8. The minimum atomic E-state index is -0.283. The van der Waals surface area contributed by atoms with Gasteiger partial charge in [-0.2, -0.15) is 0 Å². The number of hydrogen-bond donors (Lipinski definition) is 0. The van der Waals surface area contributed by atoms with Crippen molar-refractivity contribution in [3.8, 4) is 0 Å². The summed E-state index contributed by atoms with van der Waals surface area (Å²) >= 11 is 0. The van der Waals surface area contributed by atoms with Crippen LogP contribution in [-0.2, 0) is 23.2 Å². The van der Waals surface area contributed by atoms with Crippen molar-refractivity contribution < 1.29 is 9.53 Å². The van der Waals surface area contributed by atoms with Gasteiger partial charge in [0.05, 0.1) is 11.1 Å². The lowest BCUT2D eigenvalue weighted by molar-refractivity contribution is 0.0473. The van der Waals surface area contributed by atoms with E-state index in [9.17, 15) is 4.79 Å². The van der Waals surface area contributed by atoms with Gasteiger partial charge in [0, 0.05) is 11.1 Å². The topological polar surface area (TPSA) is 39.2 Å². The molecule has 0 saturated carbocycles. The van der Waals surface area contributed by atoms with Crippen LogP contribution in [0.15, 0.2) is 36.4 Å². The highest BCUT2D eigenvalue weighted by Crippen LogP contribution is 2.28. The second-order valence-electron chi connectivity index (χ2n) is 8.84. The average Bonchev–Trinajstić information content (AvgIpc) is 2.65. The van der Waals surface area contributed by atoms with E-state index in [1.165, 1.54) is 5.56 Å². The smallest absolute Gasteiger partial charge is 0.339 e. The van der Waals surface area contributed by atoms with Gasteiger partial charge in [-0.25, -0.2) is 4.79 Å². The molecule has 3 rings (SSSR count). The number of benzene rings is 2. The van der Waals surface area contributed by atoms with E-state index in [2.05, 4.69) is 53.7 Å². The molecule has 1 aromatic heterocycles. The maximum absolute atomic E-state index is 13.1. The van der Waals surface area contributed by atoms with E-state index >= 15 is 0 Å². The molecule has 0 bridgehead atoms. The molecule has 0 amide bonds. The van der Waals surface area contributed by atoms with E-state index < -0.39 is 0 Å². The molecule has 0 N–H and O–H groups in total. The van der Waals surface area contributed by atoms with E-state index in [1.807, 2.05) is 31.2 Å². The molecule has 0 spiro atoms. The first-order valence-corrected chi connectivity index (χ1v) is 10.3. The summed E-state index contributed by atoms with van der Waals surface area (Å²) in [5.41, 5.74) is 8.11. The maximum Gasteiger partial charge on any atom is 0.339 e. The molecule has 0 unspecified atom stereocenters. The van der Waals surface area contributed by atoms with Crippen LogP contribution in [0.5, 0.6) is 0 Å². The number of para-hydroxylation sites is 1. The van der Waals surface area contributed by atoms with Gasteiger partial charge in [0.1, 0.15) is 6.61 Å². The fourth-order valence-electron chi connectivity index (χ4n) is 3.83.